The molecule has 1 aromatic heterocycles. The van der Waals surface area contributed by atoms with Gasteiger partial charge in [0.2, 0.25) is 5.78 Å². The van der Waals surface area contributed by atoms with Crippen molar-refractivity contribution in [2.45, 2.75) is 6.92 Å². The molecule has 3 heterocycles. The Labute approximate surface area is 130 Å². The van der Waals surface area contributed by atoms with E-state index in [2.05, 4.69) is 10.2 Å². The summed E-state index contributed by atoms with van der Waals surface area (Å²) in [5, 5.41) is 17.4. The smallest absolute Gasteiger partial charge is 0.287 e. The van der Waals surface area contributed by atoms with E-state index in [9.17, 15) is 14.7 Å². The fourth-order valence-corrected chi connectivity index (χ4v) is 2.83. The van der Waals surface area contributed by atoms with Crippen LogP contribution in [-0.4, -0.2) is 23.8 Å². The van der Waals surface area contributed by atoms with Crippen molar-refractivity contribution in [3.8, 4) is 5.95 Å². The highest BCUT2D eigenvalue weighted by Gasteiger charge is 2.39. The number of hydrogen-bond acceptors (Lipinski definition) is 6. The van der Waals surface area contributed by atoms with Crippen molar-refractivity contribution < 1.29 is 19.1 Å². The predicted octanol–water partition coefficient (Wildman–Crippen LogP) is 2.96. The summed E-state index contributed by atoms with van der Waals surface area (Å²) in [4.78, 5) is 26.9. The third kappa shape index (κ3) is 1.64. The molecule has 0 saturated heterocycles. The fourth-order valence-electron chi connectivity index (χ4n) is 2.83. The molecule has 1 aromatic carbocycles. The van der Waals surface area contributed by atoms with Crippen LogP contribution in [0.25, 0.3) is 5.70 Å². The molecule has 23 heavy (non-hydrogen) atoms. The molecule has 0 fully saturated rings. The number of amides is 1. The van der Waals surface area contributed by atoms with Crippen LogP contribution in [0.5, 0.6) is 5.95 Å². The fraction of sp³-hybridized carbons (Fsp3) is 0.125. The Morgan fingerprint density at radius 1 is 1.17 bits per heavy atom. The van der Waals surface area contributed by atoms with Gasteiger partial charge in [-0.3, -0.25) is 9.59 Å². The van der Waals surface area contributed by atoms with E-state index in [0.29, 0.717) is 22.4 Å². The summed E-state index contributed by atoms with van der Waals surface area (Å²) in [5.74, 6) is -1.07. The van der Waals surface area contributed by atoms with E-state index in [1.54, 1.807) is 38.2 Å². The maximum atomic E-state index is 12.8. The number of fused-ring (bicyclic) bond motifs is 2. The normalized spacial score (nSPS) is 19.3. The largest absolute Gasteiger partial charge is 0.480 e. The summed E-state index contributed by atoms with van der Waals surface area (Å²) in [6, 6.07) is 6.87. The number of rotatable bonds is 0. The van der Waals surface area contributed by atoms with Gasteiger partial charge in [0.1, 0.15) is 11.3 Å². The Kier molecular flexibility index (Phi) is 2.57. The zero-order chi connectivity index (χ0) is 16.3. The minimum absolute atomic E-state index is 0.0717. The van der Waals surface area contributed by atoms with Crippen molar-refractivity contribution in [1.29, 1.82) is 0 Å². The Morgan fingerprint density at radius 2 is 1.91 bits per heavy atom. The third-order valence-electron chi connectivity index (χ3n) is 4.07. The van der Waals surface area contributed by atoms with E-state index in [4.69, 9.17) is 4.42 Å². The van der Waals surface area contributed by atoms with E-state index in [0.717, 1.165) is 0 Å². The van der Waals surface area contributed by atoms with Crippen LogP contribution in [0.2, 0.25) is 0 Å². The summed E-state index contributed by atoms with van der Waals surface area (Å²) < 4.78 is 5.07. The number of aromatic hydroxyl groups is 1. The average Bonchev–Trinajstić information content (AvgIpc) is 3.07. The highest BCUT2D eigenvalue weighted by molar-refractivity contribution is 6.37. The molecule has 2 aliphatic rings. The molecule has 7 nitrogen and oxygen atoms in total. The van der Waals surface area contributed by atoms with Gasteiger partial charge in [-0.25, -0.2) is 0 Å². The first-order valence-corrected chi connectivity index (χ1v) is 6.91. The molecular weight excluding hydrogens is 298 g/mol. The van der Waals surface area contributed by atoms with Gasteiger partial charge >= 0.3 is 0 Å². The first kappa shape index (κ1) is 13.4. The lowest BCUT2D eigenvalue weighted by atomic mass is 9.92. The number of carbonyl (C=O) groups excluding carboxylic acids is 2. The third-order valence-corrected chi connectivity index (χ3v) is 4.07. The molecule has 0 bridgehead atoms. The van der Waals surface area contributed by atoms with Crippen molar-refractivity contribution in [3.05, 3.63) is 46.5 Å². The van der Waals surface area contributed by atoms with Crippen LogP contribution >= 0.6 is 0 Å². The average molecular weight is 309 g/mol. The zero-order valence-corrected chi connectivity index (χ0v) is 12.3. The molecule has 2 aromatic rings. The SMILES string of the molecule is Cc1c(O)oc2c1/C(=C1\C(=O)c3ccccc3N(C)C1=O)N=N2. The van der Waals surface area contributed by atoms with Gasteiger partial charge in [0.15, 0.2) is 0 Å². The summed E-state index contributed by atoms with van der Waals surface area (Å²) in [7, 11) is 1.60. The monoisotopic (exact) mass is 309 g/mol. The second-order valence-electron chi connectivity index (χ2n) is 5.35. The molecule has 2 aliphatic heterocycles. The van der Waals surface area contributed by atoms with Gasteiger partial charge in [-0.2, -0.15) is 0 Å². The van der Waals surface area contributed by atoms with Crippen molar-refractivity contribution in [3.63, 3.8) is 0 Å². The maximum Gasteiger partial charge on any atom is 0.287 e. The molecule has 4 rings (SSSR count). The van der Waals surface area contributed by atoms with E-state index in [-0.39, 0.29) is 23.1 Å². The molecule has 1 amide bonds. The maximum absolute atomic E-state index is 12.8. The van der Waals surface area contributed by atoms with Gasteiger partial charge in [0.05, 0.1) is 11.3 Å². The van der Waals surface area contributed by atoms with E-state index >= 15 is 0 Å². The van der Waals surface area contributed by atoms with Crippen LogP contribution in [0, 0.1) is 6.92 Å². The van der Waals surface area contributed by atoms with Crippen LogP contribution in [0.3, 0.4) is 0 Å². The molecule has 1 N–H and O–H groups in total. The van der Waals surface area contributed by atoms with E-state index in [1.807, 2.05) is 0 Å². The second-order valence-corrected chi connectivity index (χ2v) is 5.35. The Hall–Kier alpha value is -3.22. The molecule has 0 radical (unpaired) electrons. The standard InChI is InChI=1S/C16H11N3O4/c1-7-10-12(17-18-14(10)23-16(7)22)11-13(20)8-5-3-4-6-9(8)19(2)15(11)21/h3-6,22H,1-2H3/b12-11-. The summed E-state index contributed by atoms with van der Waals surface area (Å²) >= 11 is 0. The Morgan fingerprint density at radius 3 is 2.70 bits per heavy atom. The molecule has 0 unspecified atom stereocenters. The minimum atomic E-state index is -0.462. The number of para-hydroxylation sites is 1. The Balaban J connectivity index is 2.00. The molecule has 0 aliphatic carbocycles. The zero-order valence-electron chi connectivity index (χ0n) is 12.3. The molecular formula is C16H11N3O4. The number of furan rings is 1. The number of nitrogens with zero attached hydrogens (tertiary/aromatic N) is 3. The van der Waals surface area contributed by atoms with Gasteiger partial charge in [-0.1, -0.05) is 12.1 Å². The van der Waals surface area contributed by atoms with Crippen molar-refractivity contribution in [1.82, 2.24) is 0 Å². The van der Waals surface area contributed by atoms with Gasteiger partial charge < -0.3 is 14.4 Å². The van der Waals surface area contributed by atoms with Gasteiger partial charge in [0.25, 0.3) is 17.7 Å². The lowest BCUT2D eigenvalue weighted by molar-refractivity contribution is -0.114. The number of ketones is 1. The number of hydrogen-bond donors (Lipinski definition) is 1. The molecule has 114 valence electrons. The topological polar surface area (TPSA) is 95.5 Å². The number of azo groups is 1. The molecule has 0 spiro atoms. The van der Waals surface area contributed by atoms with Crippen molar-refractivity contribution in [2.24, 2.45) is 10.2 Å². The molecule has 7 heteroatoms. The van der Waals surface area contributed by atoms with Crippen LogP contribution in [-0.2, 0) is 4.79 Å². The molecule has 0 atom stereocenters. The molecule has 0 saturated carbocycles. The van der Waals surface area contributed by atoms with E-state index < -0.39 is 11.7 Å². The first-order valence-electron chi connectivity index (χ1n) is 6.91. The highest BCUT2D eigenvalue weighted by atomic mass is 16.5. The summed E-state index contributed by atoms with van der Waals surface area (Å²) in [6.07, 6.45) is 0. The summed E-state index contributed by atoms with van der Waals surface area (Å²) in [6.45, 7) is 1.62. The highest BCUT2D eigenvalue weighted by Crippen LogP contribution is 2.46. The summed E-state index contributed by atoms with van der Waals surface area (Å²) in [5.41, 5.74) is 1.82. The number of anilines is 1. The predicted molar refractivity (Wildman–Crippen MR) is 80.7 cm³/mol. The number of benzene rings is 1. The lowest BCUT2D eigenvalue weighted by Crippen LogP contribution is -2.37. The second kappa shape index (κ2) is 4.39. The Bertz CT molecular complexity index is 952. The van der Waals surface area contributed by atoms with Gasteiger partial charge in [0, 0.05) is 18.2 Å². The minimum Gasteiger partial charge on any atom is -0.480 e. The van der Waals surface area contributed by atoms with Gasteiger partial charge in [-0.15, -0.1) is 10.2 Å². The quantitative estimate of drug-likeness (QED) is 0.597. The number of Topliss-reactive ketones (excluding diaryl/α,β-unsaturated/α-hetero) is 1. The number of carbonyl (C=O) groups is 2. The van der Waals surface area contributed by atoms with Crippen LogP contribution in [0.4, 0.5) is 11.6 Å². The lowest BCUT2D eigenvalue weighted by Gasteiger charge is -2.26. The van der Waals surface area contributed by atoms with Crippen molar-refractivity contribution in [2.75, 3.05) is 11.9 Å². The van der Waals surface area contributed by atoms with Crippen LogP contribution in [0.15, 0.2) is 44.5 Å². The first-order chi connectivity index (χ1) is 11.0. The van der Waals surface area contributed by atoms with Crippen LogP contribution < -0.4 is 4.90 Å². The van der Waals surface area contributed by atoms with E-state index in [1.165, 1.54) is 4.90 Å². The van der Waals surface area contributed by atoms with Crippen LogP contribution in [0.1, 0.15) is 21.5 Å². The van der Waals surface area contributed by atoms with Crippen molar-refractivity contribution >= 4 is 29.0 Å². The van der Waals surface area contributed by atoms with Gasteiger partial charge in [-0.05, 0) is 19.1 Å². The number of likely N-dealkylation sites (N-methyl/N-ethyl adjacent to an activating group) is 1.